The number of carbonyl (C=O) groups is 3. The van der Waals surface area contributed by atoms with Crippen molar-refractivity contribution in [1.82, 2.24) is 10.6 Å². The summed E-state index contributed by atoms with van der Waals surface area (Å²) in [5.74, 6) is -1.09. The number of hydrogen-bond donors (Lipinski definition) is 3. The fraction of sp³-hybridized carbons (Fsp3) is 0.444. The first-order chi connectivity index (χ1) is 12.8. The monoisotopic (exact) mass is 395 g/mol. The van der Waals surface area contributed by atoms with Crippen LogP contribution in [-0.4, -0.2) is 49.3 Å². The molecule has 0 aliphatic heterocycles. The van der Waals surface area contributed by atoms with Gasteiger partial charge in [0.2, 0.25) is 5.91 Å². The van der Waals surface area contributed by atoms with Crippen LogP contribution in [0.4, 0.5) is 5.69 Å². The molecule has 0 bridgehead atoms. The quantitative estimate of drug-likeness (QED) is 0.331. The number of nitrogens with one attached hydrogen (secondary N) is 3. The maximum absolute atomic E-state index is 12.0. The molecule has 0 saturated carbocycles. The second kappa shape index (κ2) is 12.0. The van der Waals surface area contributed by atoms with Crippen LogP contribution in [0.5, 0.6) is 0 Å². The van der Waals surface area contributed by atoms with E-state index in [9.17, 15) is 14.4 Å². The molecular formula is C18H25N3O5S. The van der Waals surface area contributed by atoms with Crippen molar-refractivity contribution < 1.29 is 23.9 Å². The number of carbonyl (C=O) groups excluding carboxylic acids is 3. The van der Waals surface area contributed by atoms with Gasteiger partial charge in [-0.2, -0.15) is 0 Å². The highest BCUT2D eigenvalue weighted by atomic mass is 32.1. The van der Waals surface area contributed by atoms with Crippen molar-refractivity contribution in [3.8, 4) is 0 Å². The minimum absolute atomic E-state index is 0.0238. The molecule has 1 aromatic rings. The Morgan fingerprint density at radius 1 is 1.15 bits per heavy atom. The van der Waals surface area contributed by atoms with Crippen LogP contribution in [0, 0.1) is 0 Å². The van der Waals surface area contributed by atoms with E-state index in [-0.39, 0.29) is 36.5 Å². The highest BCUT2D eigenvalue weighted by Crippen LogP contribution is 2.11. The molecule has 0 unspecified atom stereocenters. The van der Waals surface area contributed by atoms with Crippen LogP contribution >= 0.6 is 12.2 Å². The molecule has 148 valence electrons. The summed E-state index contributed by atoms with van der Waals surface area (Å²) in [4.78, 5) is 35.3. The fourth-order valence-corrected chi connectivity index (χ4v) is 2.19. The number of esters is 1. The molecule has 1 rings (SSSR count). The number of amides is 2. The molecule has 0 radical (unpaired) electrons. The van der Waals surface area contributed by atoms with Crippen molar-refractivity contribution in [3.05, 3.63) is 29.8 Å². The Kier molecular flexibility index (Phi) is 9.99. The third kappa shape index (κ3) is 9.66. The molecule has 0 fully saturated rings. The second-order valence-electron chi connectivity index (χ2n) is 5.92. The van der Waals surface area contributed by atoms with Gasteiger partial charge in [0.25, 0.3) is 5.91 Å². The summed E-state index contributed by atoms with van der Waals surface area (Å²) >= 11 is 5.08. The van der Waals surface area contributed by atoms with Crippen LogP contribution < -0.4 is 16.0 Å². The zero-order chi connectivity index (χ0) is 20.2. The van der Waals surface area contributed by atoms with Gasteiger partial charge in [0.05, 0.1) is 13.0 Å². The Bertz CT molecular complexity index is 679. The molecule has 0 atom stereocenters. The van der Waals surface area contributed by atoms with Crippen molar-refractivity contribution in [2.75, 3.05) is 25.6 Å². The van der Waals surface area contributed by atoms with Gasteiger partial charge in [-0.1, -0.05) is 6.07 Å². The smallest absolute Gasteiger partial charge is 0.306 e. The molecule has 0 aliphatic rings. The van der Waals surface area contributed by atoms with Crippen LogP contribution in [0.3, 0.4) is 0 Å². The van der Waals surface area contributed by atoms with E-state index in [0.717, 1.165) is 0 Å². The van der Waals surface area contributed by atoms with E-state index in [1.54, 1.807) is 24.3 Å². The number of methoxy groups -OCH3 is 1. The lowest BCUT2D eigenvalue weighted by Crippen LogP contribution is -2.34. The summed E-state index contributed by atoms with van der Waals surface area (Å²) in [5, 5.41) is 8.19. The number of ether oxygens (including phenoxy) is 2. The average Bonchev–Trinajstić information content (AvgIpc) is 2.59. The maximum atomic E-state index is 12.0. The standard InChI is InChI=1S/C18H25N3O5S/c1-12(2)19-17(24)13-5-4-6-14(11-13)20-18(27)21-15(22)7-8-16(23)26-10-9-25-3/h4-6,11-12H,7-10H2,1-3H3,(H,19,24)(H2,20,21,22,27). The van der Waals surface area contributed by atoms with E-state index in [2.05, 4.69) is 16.0 Å². The van der Waals surface area contributed by atoms with Crippen LogP contribution in [0.25, 0.3) is 0 Å². The predicted molar refractivity (Wildman–Crippen MR) is 105 cm³/mol. The minimum Gasteiger partial charge on any atom is -0.463 e. The second-order valence-corrected chi connectivity index (χ2v) is 6.33. The molecule has 0 spiro atoms. The van der Waals surface area contributed by atoms with Gasteiger partial charge < -0.3 is 25.4 Å². The number of thiocarbonyl (C=S) groups is 1. The summed E-state index contributed by atoms with van der Waals surface area (Å²) in [7, 11) is 1.50. The first-order valence-corrected chi connectivity index (χ1v) is 8.89. The van der Waals surface area contributed by atoms with Gasteiger partial charge in [-0.15, -0.1) is 0 Å². The van der Waals surface area contributed by atoms with Crippen molar-refractivity contribution in [2.45, 2.75) is 32.7 Å². The maximum Gasteiger partial charge on any atom is 0.306 e. The van der Waals surface area contributed by atoms with E-state index in [4.69, 9.17) is 21.7 Å². The normalized spacial score (nSPS) is 10.2. The van der Waals surface area contributed by atoms with Crippen LogP contribution in [0.15, 0.2) is 24.3 Å². The van der Waals surface area contributed by atoms with E-state index in [1.165, 1.54) is 7.11 Å². The third-order valence-electron chi connectivity index (χ3n) is 3.16. The Morgan fingerprint density at radius 2 is 1.89 bits per heavy atom. The molecule has 0 aromatic heterocycles. The molecule has 0 saturated heterocycles. The van der Waals surface area contributed by atoms with Crippen molar-refractivity contribution in [1.29, 1.82) is 0 Å². The molecule has 27 heavy (non-hydrogen) atoms. The van der Waals surface area contributed by atoms with Crippen molar-refractivity contribution in [3.63, 3.8) is 0 Å². The first kappa shape index (κ1) is 22.5. The predicted octanol–water partition coefficient (Wildman–Crippen LogP) is 1.61. The van der Waals surface area contributed by atoms with Gasteiger partial charge in [-0.05, 0) is 44.3 Å². The van der Waals surface area contributed by atoms with Crippen molar-refractivity contribution >= 4 is 40.8 Å². The lowest BCUT2D eigenvalue weighted by molar-refractivity contribution is -0.146. The lowest BCUT2D eigenvalue weighted by atomic mass is 10.2. The summed E-state index contributed by atoms with van der Waals surface area (Å²) < 4.78 is 9.63. The fourth-order valence-electron chi connectivity index (χ4n) is 1.96. The highest BCUT2D eigenvalue weighted by molar-refractivity contribution is 7.80. The summed E-state index contributed by atoms with van der Waals surface area (Å²) in [6, 6.07) is 6.76. The summed E-state index contributed by atoms with van der Waals surface area (Å²) in [6.45, 7) is 4.20. The first-order valence-electron chi connectivity index (χ1n) is 8.48. The molecule has 9 heteroatoms. The van der Waals surface area contributed by atoms with Gasteiger partial charge >= 0.3 is 5.97 Å². The van der Waals surface area contributed by atoms with E-state index >= 15 is 0 Å². The summed E-state index contributed by atoms with van der Waals surface area (Å²) in [6.07, 6.45) is -0.104. The van der Waals surface area contributed by atoms with E-state index < -0.39 is 11.9 Å². The SMILES string of the molecule is COCCOC(=O)CCC(=O)NC(=S)Nc1cccc(C(=O)NC(C)C)c1. The zero-order valence-corrected chi connectivity index (χ0v) is 16.5. The summed E-state index contributed by atoms with van der Waals surface area (Å²) in [5.41, 5.74) is 1.04. The Labute approximate surface area is 164 Å². The number of rotatable bonds is 9. The van der Waals surface area contributed by atoms with Crippen molar-refractivity contribution in [2.24, 2.45) is 0 Å². The van der Waals surface area contributed by atoms with E-state index in [0.29, 0.717) is 17.9 Å². The van der Waals surface area contributed by atoms with Gasteiger partial charge in [-0.3, -0.25) is 14.4 Å². The van der Waals surface area contributed by atoms with Crippen LogP contribution in [0.1, 0.15) is 37.0 Å². The van der Waals surface area contributed by atoms with E-state index in [1.807, 2.05) is 13.8 Å². The van der Waals surface area contributed by atoms with Gasteiger partial charge in [0.1, 0.15) is 6.61 Å². The average molecular weight is 395 g/mol. The Balaban J connectivity index is 2.44. The molecule has 1 aromatic carbocycles. The third-order valence-corrected chi connectivity index (χ3v) is 3.37. The molecule has 3 N–H and O–H groups in total. The van der Waals surface area contributed by atoms with Crippen LogP contribution in [-0.2, 0) is 19.1 Å². The molecule has 2 amide bonds. The Hall–Kier alpha value is -2.52. The number of hydrogen-bond acceptors (Lipinski definition) is 6. The number of anilines is 1. The molecule has 0 aliphatic carbocycles. The zero-order valence-electron chi connectivity index (χ0n) is 15.7. The van der Waals surface area contributed by atoms with Gasteiger partial charge in [-0.25, -0.2) is 0 Å². The molecule has 8 nitrogen and oxygen atoms in total. The minimum atomic E-state index is -0.482. The van der Waals surface area contributed by atoms with Gasteiger partial charge in [0, 0.05) is 30.8 Å². The Morgan fingerprint density at radius 3 is 2.56 bits per heavy atom. The van der Waals surface area contributed by atoms with Gasteiger partial charge in [0.15, 0.2) is 5.11 Å². The molecule has 0 heterocycles. The number of benzene rings is 1. The lowest BCUT2D eigenvalue weighted by Gasteiger charge is -2.12. The topological polar surface area (TPSA) is 106 Å². The largest absolute Gasteiger partial charge is 0.463 e. The molecular weight excluding hydrogens is 370 g/mol. The van der Waals surface area contributed by atoms with Crippen LogP contribution in [0.2, 0.25) is 0 Å². The highest BCUT2D eigenvalue weighted by Gasteiger charge is 2.11.